The fourth-order valence-corrected chi connectivity index (χ4v) is 2.30. The third kappa shape index (κ3) is 2.30. The highest BCUT2D eigenvalue weighted by Crippen LogP contribution is 2.27. The minimum atomic E-state index is -0.198. The maximum atomic E-state index is 12.2. The van der Waals surface area contributed by atoms with Gasteiger partial charge in [0.05, 0.1) is 17.1 Å². The average Bonchev–Trinajstić information content (AvgIpc) is 2.77. The van der Waals surface area contributed by atoms with Crippen LogP contribution in [0.2, 0.25) is 5.02 Å². The predicted octanol–water partition coefficient (Wildman–Crippen LogP) is 2.36. The highest BCUT2D eigenvalue weighted by molar-refractivity contribution is 7.08. The van der Waals surface area contributed by atoms with Crippen LogP contribution in [0.3, 0.4) is 0 Å². The summed E-state index contributed by atoms with van der Waals surface area (Å²) in [6.45, 7) is 1.74. The SMILES string of the molecule is Cc1nnsc1C(=O)N(C)c1cc(Cl)ccc1N. The number of benzene rings is 1. The molecule has 0 saturated carbocycles. The number of nitrogen functional groups attached to an aromatic ring is 1. The Bertz CT molecular complexity index is 598. The highest BCUT2D eigenvalue weighted by atomic mass is 35.5. The van der Waals surface area contributed by atoms with Crippen LogP contribution in [0.4, 0.5) is 11.4 Å². The third-order valence-corrected chi connectivity index (χ3v) is 3.56. The second kappa shape index (κ2) is 4.91. The standard InChI is InChI=1S/C11H11ClN4OS/c1-6-10(18-15-14-6)11(17)16(2)9-5-7(12)3-4-8(9)13/h3-5H,13H2,1-2H3. The van der Waals surface area contributed by atoms with Crippen LogP contribution in [0.1, 0.15) is 15.4 Å². The minimum absolute atomic E-state index is 0.198. The lowest BCUT2D eigenvalue weighted by atomic mass is 10.2. The molecule has 7 heteroatoms. The van der Waals surface area contributed by atoms with Crippen LogP contribution in [-0.2, 0) is 0 Å². The van der Waals surface area contributed by atoms with Crippen LogP contribution in [0.25, 0.3) is 0 Å². The number of nitrogens with two attached hydrogens (primary N) is 1. The summed E-state index contributed by atoms with van der Waals surface area (Å²) in [5.41, 5.74) is 7.51. The molecular formula is C11H11ClN4OS. The van der Waals surface area contributed by atoms with E-state index >= 15 is 0 Å². The zero-order valence-corrected chi connectivity index (χ0v) is 11.4. The van der Waals surface area contributed by atoms with Gasteiger partial charge in [0.15, 0.2) is 0 Å². The number of rotatable bonds is 2. The van der Waals surface area contributed by atoms with Crippen molar-refractivity contribution in [1.82, 2.24) is 9.59 Å². The molecule has 5 nitrogen and oxygen atoms in total. The second-order valence-corrected chi connectivity index (χ2v) is 4.95. The van der Waals surface area contributed by atoms with Crippen LogP contribution in [0, 0.1) is 6.92 Å². The Morgan fingerprint density at radius 1 is 1.50 bits per heavy atom. The molecule has 0 aliphatic rings. The van der Waals surface area contributed by atoms with Crippen LogP contribution in [0.5, 0.6) is 0 Å². The Balaban J connectivity index is 2.37. The van der Waals surface area contributed by atoms with Gasteiger partial charge in [-0.1, -0.05) is 16.1 Å². The Hall–Kier alpha value is -1.66. The van der Waals surface area contributed by atoms with Crippen LogP contribution in [-0.4, -0.2) is 22.5 Å². The van der Waals surface area contributed by atoms with Gasteiger partial charge in [0.2, 0.25) is 0 Å². The van der Waals surface area contributed by atoms with Crippen LogP contribution in [0.15, 0.2) is 18.2 Å². The Morgan fingerprint density at radius 3 is 2.83 bits per heavy atom. The van der Waals surface area contributed by atoms with Crippen molar-refractivity contribution in [1.29, 1.82) is 0 Å². The van der Waals surface area contributed by atoms with Crippen molar-refractivity contribution in [2.45, 2.75) is 6.92 Å². The van der Waals surface area contributed by atoms with Crippen molar-refractivity contribution >= 4 is 40.4 Å². The van der Waals surface area contributed by atoms with E-state index in [2.05, 4.69) is 9.59 Å². The maximum Gasteiger partial charge on any atom is 0.271 e. The third-order valence-electron chi connectivity index (χ3n) is 2.50. The van der Waals surface area contributed by atoms with Crippen LogP contribution < -0.4 is 10.6 Å². The van der Waals surface area contributed by atoms with Gasteiger partial charge in [-0.3, -0.25) is 4.79 Å². The van der Waals surface area contributed by atoms with Crippen molar-refractivity contribution < 1.29 is 4.79 Å². The molecule has 0 unspecified atom stereocenters. The first-order valence-electron chi connectivity index (χ1n) is 5.12. The van der Waals surface area contributed by atoms with E-state index in [1.54, 1.807) is 32.2 Å². The Kier molecular flexibility index (Phi) is 3.49. The lowest BCUT2D eigenvalue weighted by Crippen LogP contribution is -2.26. The number of aryl methyl sites for hydroxylation is 1. The van der Waals surface area contributed by atoms with Gasteiger partial charge in [-0.2, -0.15) is 0 Å². The van der Waals surface area contributed by atoms with E-state index in [-0.39, 0.29) is 5.91 Å². The number of amides is 1. The molecule has 1 aromatic heterocycles. The first-order valence-corrected chi connectivity index (χ1v) is 6.28. The van der Waals surface area contributed by atoms with E-state index in [1.807, 2.05) is 0 Å². The van der Waals surface area contributed by atoms with Crippen molar-refractivity contribution in [3.05, 3.63) is 33.8 Å². The van der Waals surface area contributed by atoms with Crippen molar-refractivity contribution in [3.8, 4) is 0 Å². The number of hydrogen-bond donors (Lipinski definition) is 1. The second-order valence-electron chi connectivity index (χ2n) is 3.75. The summed E-state index contributed by atoms with van der Waals surface area (Å²) in [6.07, 6.45) is 0. The van der Waals surface area contributed by atoms with E-state index in [1.165, 1.54) is 4.90 Å². The molecular weight excluding hydrogens is 272 g/mol. The molecule has 0 aliphatic heterocycles. The molecule has 1 heterocycles. The van der Waals surface area contributed by atoms with Crippen molar-refractivity contribution in [2.75, 3.05) is 17.7 Å². The number of aromatic nitrogens is 2. The predicted molar refractivity (Wildman–Crippen MR) is 73.2 cm³/mol. The number of carbonyl (C=O) groups excluding carboxylic acids is 1. The van der Waals surface area contributed by atoms with Gasteiger partial charge in [0.1, 0.15) is 4.88 Å². The van der Waals surface area contributed by atoms with Crippen molar-refractivity contribution in [3.63, 3.8) is 0 Å². The summed E-state index contributed by atoms with van der Waals surface area (Å²) in [5.74, 6) is -0.198. The quantitative estimate of drug-likeness (QED) is 0.858. The van der Waals surface area contributed by atoms with Gasteiger partial charge in [-0.15, -0.1) is 5.10 Å². The molecule has 0 bridgehead atoms. The molecule has 0 radical (unpaired) electrons. The van der Waals surface area contributed by atoms with E-state index in [4.69, 9.17) is 17.3 Å². The largest absolute Gasteiger partial charge is 0.397 e. The summed E-state index contributed by atoms with van der Waals surface area (Å²) >= 11 is 6.97. The van der Waals surface area contributed by atoms with Gasteiger partial charge in [0.25, 0.3) is 5.91 Å². The smallest absolute Gasteiger partial charge is 0.271 e. The molecule has 0 atom stereocenters. The first-order chi connectivity index (χ1) is 8.50. The monoisotopic (exact) mass is 282 g/mol. The summed E-state index contributed by atoms with van der Waals surface area (Å²) < 4.78 is 3.75. The zero-order chi connectivity index (χ0) is 13.3. The van der Waals surface area contributed by atoms with Gasteiger partial charge >= 0.3 is 0 Å². The topological polar surface area (TPSA) is 72.1 Å². The molecule has 0 aliphatic carbocycles. The van der Waals surface area contributed by atoms with Crippen LogP contribution >= 0.6 is 23.1 Å². The molecule has 0 spiro atoms. The first kappa shape index (κ1) is 12.8. The summed E-state index contributed by atoms with van der Waals surface area (Å²) in [7, 11) is 1.64. The van der Waals surface area contributed by atoms with E-state index in [0.717, 1.165) is 11.5 Å². The minimum Gasteiger partial charge on any atom is -0.397 e. The van der Waals surface area contributed by atoms with E-state index in [0.29, 0.717) is 27.0 Å². The average molecular weight is 283 g/mol. The number of nitrogens with zero attached hydrogens (tertiary/aromatic N) is 3. The maximum absolute atomic E-state index is 12.2. The molecule has 18 heavy (non-hydrogen) atoms. The molecule has 94 valence electrons. The normalized spacial score (nSPS) is 10.4. The number of carbonyl (C=O) groups is 1. The van der Waals surface area contributed by atoms with E-state index in [9.17, 15) is 4.79 Å². The summed E-state index contributed by atoms with van der Waals surface area (Å²) in [5, 5.41) is 4.34. The number of halogens is 1. The molecule has 2 N–H and O–H groups in total. The fraction of sp³-hybridized carbons (Fsp3) is 0.182. The molecule has 0 fully saturated rings. The molecule has 2 aromatic rings. The fourth-order valence-electron chi connectivity index (χ4n) is 1.50. The molecule has 0 saturated heterocycles. The number of hydrogen-bond acceptors (Lipinski definition) is 5. The van der Waals surface area contributed by atoms with Gasteiger partial charge in [-0.05, 0) is 36.7 Å². The molecule has 1 aromatic carbocycles. The lowest BCUT2D eigenvalue weighted by molar-refractivity contribution is 0.0996. The lowest BCUT2D eigenvalue weighted by Gasteiger charge is -2.18. The van der Waals surface area contributed by atoms with Gasteiger partial charge < -0.3 is 10.6 Å². The molecule has 1 amide bonds. The van der Waals surface area contributed by atoms with Crippen molar-refractivity contribution in [2.24, 2.45) is 0 Å². The van der Waals surface area contributed by atoms with Gasteiger partial charge in [-0.25, -0.2) is 0 Å². The zero-order valence-electron chi connectivity index (χ0n) is 9.85. The summed E-state index contributed by atoms with van der Waals surface area (Å²) in [4.78, 5) is 14.2. The Morgan fingerprint density at radius 2 is 2.22 bits per heavy atom. The molecule has 2 rings (SSSR count). The highest BCUT2D eigenvalue weighted by Gasteiger charge is 2.20. The van der Waals surface area contributed by atoms with E-state index < -0.39 is 0 Å². The number of anilines is 2. The Labute approximate surface area is 113 Å². The van der Waals surface area contributed by atoms with Gasteiger partial charge in [0, 0.05) is 12.1 Å². The summed E-state index contributed by atoms with van der Waals surface area (Å²) in [6, 6.07) is 5.00.